The van der Waals surface area contributed by atoms with E-state index in [2.05, 4.69) is 15.8 Å². The van der Waals surface area contributed by atoms with E-state index in [1.165, 1.54) is 0 Å². The Kier molecular flexibility index (Phi) is 5.61. The molecule has 7 heteroatoms. The molecule has 0 unspecified atom stereocenters. The first-order valence-electron chi connectivity index (χ1n) is 8.50. The fourth-order valence-electron chi connectivity index (χ4n) is 2.28. The number of carbonyl (C=O) groups excluding carboxylic acids is 1. The van der Waals surface area contributed by atoms with Crippen molar-refractivity contribution in [2.45, 2.75) is 19.8 Å². The molecule has 7 nitrogen and oxygen atoms in total. The topological polar surface area (TPSA) is 85.6 Å². The Bertz CT molecular complexity index is 886. The number of amides is 2. The molecule has 0 fully saturated rings. The average molecular weight is 367 g/mol. The first-order chi connectivity index (χ1) is 13.0. The summed E-state index contributed by atoms with van der Waals surface area (Å²) in [5, 5.41) is 9.23. The zero-order valence-electron chi connectivity index (χ0n) is 15.4. The number of aromatic nitrogens is 1. The minimum atomic E-state index is -0.412. The quantitative estimate of drug-likeness (QED) is 0.622. The molecule has 0 aliphatic carbocycles. The van der Waals surface area contributed by atoms with Crippen LogP contribution in [0, 0.1) is 0 Å². The lowest BCUT2D eigenvalue weighted by atomic mass is 10.1. The van der Waals surface area contributed by atoms with E-state index in [4.69, 9.17) is 14.0 Å². The van der Waals surface area contributed by atoms with E-state index >= 15 is 0 Å². The molecule has 0 radical (unpaired) electrons. The maximum atomic E-state index is 12.0. The van der Waals surface area contributed by atoms with Gasteiger partial charge in [-0.15, -0.1) is 0 Å². The SMILES string of the molecule is COc1ccc(Oc2ccc(NC(=O)Nc3cc(C(C)C)no3)cc2)cc1. The molecular weight excluding hydrogens is 346 g/mol. The molecule has 0 aliphatic rings. The van der Waals surface area contributed by atoms with Gasteiger partial charge in [0.2, 0.25) is 5.88 Å². The summed E-state index contributed by atoms with van der Waals surface area (Å²) in [5.41, 5.74) is 1.41. The fourth-order valence-corrected chi connectivity index (χ4v) is 2.28. The molecule has 1 aromatic heterocycles. The lowest BCUT2D eigenvalue weighted by Crippen LogP contribution is -2.18. The number of benzene rings is 2. The molecule has 140 valence electrons. The van der Waals surface area contributed by atoms with Crippen LogP contribution in [0.3, 0.4) is 0 Å². The third kappa shape index (κ3) is 5.01. The van der Waals surface area contributed by atoms with Gasteiger partial charge in [-0.3, -0.25) is 5.32 Å². The van der Waals surface area contributed by atoms with Crippen LogP contribution in [0.4, 0.5) is 16.4 Å². The normalized spacial score (nSPS) is 10.5. The molecule has 2 amide bonds. The second kappa shape index (κ2) is 8.27. The first-order valence-corrected chi connectivity index (χ1v) is 8.50. The smallest absolute Gasteiger partial charge is 0.326 e. The molecule has 0 aliphatic heterocycles. The molecular formula is C20H21N3O4. The molecule has 2 aromatic carbocycles. The highest BCUT2D eigenvalue weighted by Crippen LogP contribution is 2.25. The van der Waals surface area contributed by atoms with Gasteiger partial charge < -0.3 is 19.3 Å². The van der Waals surface area contributed by atoms with E-state index in [9.17, 15) is 4.79 Å². The van der Waals surface area contributed by atoms with Crippen molar-refractivity contribution in [2.75, 3.05) is 17.7 Å². The van der Waals surface area contributed by atoms with Gasteiger partial charge in [0, 0.05) is 11.8 Å². The molecule has 2 N–H and O–H groups in total. The van der Waals surface area contributed by atoms with E-state index in [0.717, 1.165) is 11.4 Å². The highest BCUT2D eigenvalue weighted by atomic mass is 16.5. The summed E-state index contributed by atoms with van der Waals surface area (Å²) in [4.78, 5) is 12.0. The summed E-state index contributed by atoms with van der Waals surface area (Å²) in [5.74, 6) is 2.64. The number of anilines is 2. The van der Waals surface area contributed by atoms with Crippen LogP contribution in [0.2, 0.25) is 0 Å². The van der Waals surface area contributed by atoms with Gasteiger partial charge in [0.1, 0.15) is 17.2 Å². The zero-order valence-corrected chi connectivity index (χ0v) is 15.4. The second-order valence-corrected chi connectivity index (χ2v) is 6.15. The van der Waals surface area contributed by atoms with Crippen molar-refractivity contribution >= 4 is 17.6 Å². The van der Waals surface area contributed by atoms with Crippen LogP contribution in [0.1, 0.15) is 25.5 Å². The van der Waals surface area contributed by atoms with Crippen molar-refractivity contribution in [3.63, 3.8) is 0 Å². The minimum Gasteiger partial charge on any atom is -0.497 e. The Morgan fingerprint density at radius 2 is 1.56 bits per heavy atom. The van der Waals surface area contributed by atoms with Gasteiger partial charge in [-0.25, -0.2) is 4.79 Å². The van der Waals surface area contributed by atoms with Crippen LogP contribution in [0.25, 0.3) is 0 Å². The number of carbonyl (C=O) groups is 1. The summed E-state index contributed by atoms with van der Waals surface area (Å²) >= 11 is 0. The number of urea groups is 1. The largest absolute Gasteiger partial charge is 0.497 e. The highest BCUT2D eigenvalue weighted by molar-refractivity contribution is 5.98. The molecule has 0 spiro atoms. The van der Waals surface area contributed by atoms with E-state index in [0.29, 0.717) is 23.1 Å². The van der Waals surface area contributed by atoms with E-state index in [1.807, 2.05) is 38.1 Å². The third-order valence-electron chi connectivity index (χ3n) is 3.76. The number of rotatable bonds is 6. The molecule has 0 atom stereocenters. The highest BCUT2D eigenvalue weighted by Gasteiger charge is 2.10. The maximum absolute atomic E-state index is 12.0. The molecule has 0 saturated carbocycles. The molecule has 27 heavy (non-hydrogen) atoms. The molecule has 3 aromatic rings. The Morgan fingerprint density at radius 1 is 0.963 bits per heavy atom. The zero-order chi connectivity index (χ0) is 19.2. The summed E-state index contributed by atoms with van der Waals surface area (Å²) in [6.07, 6.45) is 0. The van der Waals surface area contributed by atoms with E-state index < -0.39 is 6.03 Å². The summed E-state index contributed by atoms with van der Waals surface area (Å²) in [6.45, 7) is 3.99. The standard InChI is InChI=1S/C20H21N3O4/c1-13(2)18-12-19(27-23-18)22-20(24)21-14-4-6-16(7-5-14)26-17-10-8-15(25-3)9-11-17/h4-13H,1-3H3,(H2,21,22,24). The lowest BCUT2D eigenvalue weighted by Gasteiger charge is -2.08. The van der Waals surface area contributed by atoms with Crippen molar-refractivity contribution in [3.8, 4) is 17.2 Å². The predicted octanol–water partition coefficient (Wildman–Crippen LogP) is 5.24. The van der Waals surface area contributed by atoms with Crippen LogP contribution in [-0.2, 0) is 0 Å². The predicted molar refractivity (Wildman–Crippen MR) is 103 cm³/mol. The van der Waals surface area contributed by atoms with Gasteiger partial charge in [-0.1, -0.05) is 19.0 Å². The number of hydrogen-bond donors (Lipinski definition) is 2. The molecule has 3 rings (SSSR count). The average Bonchev–Trinajstić information content (AvgIpc) is 3.12. The van der Waals surface area contributed by atoms with Gasteiger partial charge in [0.25, 0.3) is 0 Å². The number of ether oxygens (including phenoxy) is 2. The maximum Gasteiger partial charge on any atom is 0.326 e. The summed E-state index contributed by atoms with van der Waals surface area (Å²) < 4.78 is 16.0. The monoisotopic (exact) mass is 367 g/mol. The van der Waals surface area contributed by atoms with Crippen LogP contribution in [0.15, 0.2) is 59.1 Å². The van der Waals surface area contributed by atoms with Crippen molar-refractivity contribution in [2.24, 2.45) is 0 Å². The van der Waals surface area contributed by atoms with Gasteiger partial charge in [0.15, 0.2) is 0 Å². The molecule has 0 bridgehead atoms. The van der Waals surface area contributed by atoms with Gasteiger partial charge >= 0.3 is 6.03 Å². The third-order valence-corrected chi connectivity index (χ3v) is 3.76. The van der Waals surface area contributed by atoms with Crippen molar-refractivity contribution in [1.82, 2.24) is 5.16 Å². The second-order valence-electron chi connectivity index (χ2n) is 6.15. The van der Waals surface area contributed by atoms with Crippen molar-refractivity contribution in [3.05, 3.63) is 60.3 Å². The Hall–Kier alpha value is -3.48. The van der Waals surface area contributed by atoms with Gasteiger partial charge in [0.05, 0.1) is 12.8 Å². The fraction of sp³-hybridized carbons (Fsp3) is 0.200. The number of methoxy groups -OCH3 is 1. The van der Waals surface area contributed by atoms with Crippen LogP contribution in [0.5, 0.6) is 17.2 Å². The minimum absolute atomic E-state index is 0.227. The summed E-state index contributed by atoms with van der Waals surface area (Å²) in [6, 6.07) is 15.6. The van der Waals surface area contributed by atoms with E-state index in [-0.39, 0.29) is 5.92 Å². The molecule has 1 heterocycles. The van der Waals surface area contributed by atoms with Crippen LogP contribution < -0.4 is 20.1 Å². The Labute approximate surface area is 157 Å². The van der Waals surface area contributed by atoms with Crippen molar-refractivity contribution < 1.29 is 18.8 Å². The first kappa shape index (κ1) is 18.3. The molecule has 0 saturated heterocycles. The lowest BCUT2D eigenvalue weighted by molar-refractivity contribution is 0.261. The van der Waals surface area contributed by atoms with Gasteiger partial charge in [-0.05, 0) is 54.4 Å². The van der Waals surface area contributed by atoms with Crippen molar-refractivity contribution in [1.29, 1.82) is 0 Å². The van der Waals surface area contributed by atoms with E-state index in [1.54, 1.807) is 37.4 Å². The number of hydrogen-bond acceptors (Lipinski definition) is 5. The Balaban J connectivity index is 1.55. The Morgan fingerprint density at radius 3 is 2.11 bits per heavy atom. The van der Waals surface area contributed by atoms with Crippen LogP contribution >= 0.6 is 0 Å². The number of nitrogens with zero attached hydrogens (tertiary/aromatic N) is 1. The van der Waals surface area contributed by atoms with Crippen LogP contribution in [-0.4, -0.2) is 18.3 Å². The number of nitrogens with one attached hydrogen (secondary N) is 2. The van der Waals surface area contributed by atoms with Gasteiger partial charge in [-0.2, -0.15) is 0 Å². The summed E-state index contributed by atoms with van der Waals surface area (Å²) in [7, 11) is 1.61.